The van der Waals surface area contributed by atoms with Gasteiger partial charge >= 0.3 is 5.97 Å². The summed E-state index contributed by atoms with van der Waals surface area (Å²) in [6.45, 7) is 8.25. The number of Topliss-reactive ketones (excluding diaryl/α,β-unsaturated/α-hetero) is 1. The van der Waals surface area contributed by atoms with Gasteiger partial charge in [-0.05, 0) is 67.5 Å². The predicted molar refractivity (Wildman–Crippen MR) is 131 cm³/mol. The molecule has 0 aliphatic heterocycles. The van der Waals surface area contributed by atoms with Crippen molar-refractivity contribution in [3.05, 3.63) is 64.2 Å². The van der Waals surface area contributed by atoms with E-state index in [0.717, 1.165) is 28.9 Å². The molecule has 0 saturated carbocycles. The Hall–Kier alpha value is -2.70. The number of ketones is 1. The number of hydrogen-bond donors (Lipinski definition) is 0. The Bertz CT molecular complexity index is 1000. The fraction of sp³-hybridized carbons (Fsp3) is 0.500. The smallest absolute Gasteiger partial charge is 0.337 e. The van der Waals surface area contributed by atoms with Crippen LogP contribution in [0, 0.1) is 5.92 Å². The van der Waals surface area contributed by atoms with E-state index in [0.29, 0.717) is 23.5 Å². The van der Waals surface area contributed by atoms with Crippen molar-refractivity contribution in [3.8, 4) is 5.75 Å². The average molecular weight is 469 g/mol. The van der Waals surface area contributed by atoms with Gasteiger partial charge in [0.05, 0.1) is 18.8 Å². The second kappa shape index (κ2) is 11.2. The monoisotopic (exact) mass is 468 g/mol. The molecule has 6 nitrogen and oxygen atoms in total. The molecule has 2 aromatic rings. The van der Waals surface area contributed by atoms with E-state index in [9.17, 15) is 9.59 Å². The molecule has 0 bridgehead atoms. The summed E-state index contributed by atoms with van der Waals surface area (Å²) in [5, 5.41) is 0. The summed E-state index contributed by atoms with van der Waals surface area (Å²) in [7, 11) is 4.51. The molecule has 3 rings (SSSR count). The van der Waals surface area contributed by atoms with E-state index in [2.05, 4.69) is 19.9 Å². The Balaban J connectivity index is 2.03. The van der Waals surface area contributed by atoms with Crippen molar-refractivity contribution in [2.75, 3.05) is 21.3 Å². The number of benzene rings is 2. The number of esters is 1. The molecular weight excluding hydrogens is 432 g/mol. The molecule has 1 aliphatic rings. The van der Waals surface area contributed by atoms with Gasteiger partial charge in [0.2, 0.25) is 0 Å². The highest BCUT2D eigenvalue weighted by Gasteiger charge is 2.40. The van der Waals surface area contributed by atoms with Gasteiger partial charge in [0, 0.05) is 31.6 Å². The summed E-state index contributed by atoms with van der Waals surface area (Å²) in [6, 6.07) is 11.2. The SMILES string of the molecule is COC(=O)c1ccc(C(C(OC)OC)C2CCc3cc(C(C)C)c(OC(C)C)cc3C2=O)cc1. The molecule has 0 N–H and O–H groups in total. The Morgan fingerprint density at radius 3 is 2.15 bits per heavy atom. The maximum absolute atomic E-state index is 13.9. The van der Waals surface area contributed by atoms with Crippen molar-refractivity contribution in [2.45, 2.75) is 64.8 Å². The Morgan fingerprint density at radius 2 is 1.62 bits per heavy atom. The van der Waals surface area contributed by atoms with Gasteiger partial charge in [-0.1, -0.05) is 32.0 Å². The molecule has 184 valence electrons. The van der Waals surface area contributed by atoms with Crippen LogP contribution in [0.15, 0.2) is 36.4 Å². The lowest BCUT2D eigenvalue weighted by atomic mass is 9.72. The average Bonchev–Trinajstić information content (AvgIpc) is 2.82. The first-order valence-corrected chi connectivity index (χ1v) is 11.8. The van der Waals surface area contributed by atoms with Gasteiger partial charge in [0.1, 0.15) is 5.75 Å². The zero-order valence-corrected chi connectivity index (χ0v) is 21.2. The van der Waals surface area contributed by atoms with Gasteiger partial charge in [-0.15, -0.1) is 0 Å². The molecule has 0 aromatic heterocycles. The Kier molecular flexibility index (Phi) is 8.50. The third-order valence-corrected chi connectivity index (χ3v) is 6.46. The minimum absolute atomic E-state index is 0.0116. The van der Waals surface area contributed by atoms with Crippen molar-refractivity contribution in [1.29, 1.82) is 0 Å². The number of ether oxygens (including phenoxy) is 4. The lowest BCUT2D eigenvalue weighted by Gasteiger charge is -2.35. The predicted octanol–water partition coefficient (Wildman–Crippen LogP) is 5.53. The van der Waals surface area contributed by atoms with Crippen LogP contribution in [0.3, 0.4) is 0 Å². The first-order valence-electron chi connectivity index (χ1n) is 11.8. The third-order valence-electron chi connectivity index (χ3n) is 6.46. The molecule has 0 fully saturated rings. The first-order chi connectivity index (χ1) is 16.2. The summed E-state index contributed by atoms with van der Waals surface area (Å²) in [6.07, 6.45) is 0.864. The Morgan fingerprint density at radius 1 is 0.971 bits per heavy atom. The number of carbonyl (C=O) groups is 2. The molecule has 2 aromatic carbocycles. The maximum atomic E-state index is 13.9. The number of aryl methyl sites for hydroxylation is 1. The summed E-state index contributed by atoms with van der Waals surface area (Å²) in [5.41, 5.74) is 4.22. The van der Waals surface area contributed by atoms with Crippen LogP contribution in [0.2, 0.25) is 0 Å². The number of carbonyl (C=O) groups excluding carboxylic acids is 2. The zero-order chi connectivity index (χ0) is 25.0. The van der Waals surface area contributed by atoms with Crippen LogP contribution < -0.4 is 4.74 Å². The summed E-state index contributed by atoms with van der Waals surface area (Å²) in [5.74, 6) is 0.0524. The second-order valence-electron chi connectivity index (χ2n) is 9.36. The molecule has 0 spiro atoms. The van der Waals surface area contributed by atoms with E-state index in [4.69, 9.17) is 18.9 Å². The van der Waals surface area contributed by atoms with Crippen molar-refractivity contribution in [2.24, 2.45) is 5.92 Å². The largest absolute Gasteiger partial charge is 0.491 e. The van der Waals surface area contributed by atoms with Crippen molar-refractivity contribution in [1.82, 2.24) is 0 Å². The van der Waals surface area contributed by atoms with E-state index in [1.165, 1.54) is 7.11 Å². The molecule has 0 amide bonds. The fourth-order valence-corrected chi connectivity index (χ4v) is 4.80. The van der Waals surface area contributed by atoms with Crippen molar-refractivity contribution >= 4 is 11.8 Å². The molecular formula is C28H36O6. The minimum Gasteiger partial charge on any atom is -0.491 e. The van der Waals surface area contributed by atoms with Gasteiger partial charge in [0.25, 0.3) is 0 Å². The van der Waals surface area contributed by atoms with Crippen LogP contribution in [0.1, 0.15) is 83.4 Å². The lowest BCUT2D eigenvalue weighted by Crippen LogP contribution is -2.36. The molecule has 6 heteroatoms. The van der Waals surface area contributed by atoms with Crippen molar-refractivity contribution < 1.29 is 28.5 Å². The molecule has 0 saturated heterocycles. The van der Waals surface area contributed by atoms with E-state index in [-0.39, 0.29) is 23.7 Å². The molecule has 0 radical (unpaired) electrons. The highest BCUT2D eigenvalue weighted by Crippen LogP contribution is 2.41. The molecule has 2 unspecified atom stereocenters. The Labute approximate surface area is 202 Å². The molecule has 0 heterocycles. The van der Waals surface area contributed by atoms with Gasteiger partial charge in [-0.25, -0.2) is 4.79 Å². The second-order valence-corrected chi connectivity index (χ2v) is 9.36. The van der Waals surface area contributed by atoms with Crippen LogP contribution in [0.25, 0.3) is 0 Å². The number of methoxy groups -OCH3 is 3. The first kappa shape index (κ1) is 25.9. The van der Waals surface area contributed by atoms with Gasteiger partial charge in [-0.2, -0.15) is 0 Å². The van der Waals surface area contributed by atoms with Gasteiger partial charge in [0.15, 0.2) is 12.1 Å². The fourth-order valence-electron chi connectivity index (χ4n) is 4.80. The van der Waals surface area contributed by atoms with Crippen LogP contribution in [0.4, 0.5) is 0 Å². The highest BCUT2D eigenvalue weighted by molar-refractivity contribution is 6.01. The summed E-state index contributed by atoms with van der Waals surface area (Å²) < 4.78 is 22.2. The highest BCUT2D eigenvalue weighted by atomic mass is 16.7. The third kappa shape index (κ3) is 5.34. The number of rotatable bonds is 9. The van der Waals surface area contributed by atoms with E-state index in [1.807, 2.05) is 32.0 Å². The molecule has 1 aliphatic carbocycles. The lowest BCUT2D eigenvalue weighted by molar-refractivity contribution is -0.125. The zero-order valence-electron chi connectivity index (χ0n) is 21.2. The van der Waals surface area contributed by atoms with E-state index in [1.54, 1.807) is 26.4 Å². The summed E-state index contributed by atoms with van der Waals surface area (Å²) >= 11 is 0. The van der Waals surface area contributed by atoms with E-state index < -0.39 is 12.3 Å². The number of fused-ring (bicyclic) bond motifs is 1. The van der Waals surface area contributed by atoms with Gasteiger partial charge < -0.3 is 18.9 Å². The molecule has 34 heavy (non-hydrogen) atoms. The van der Waals surface area contributed by atoms with Crippen LogP contribution >= 0.6 is 0 Å². The number of hydrogen-bond acceptors (Lipinski definition) is 6. The topological polar surface area (TPSA) is 71.1 Å². The van der Waals surface area contributed by atoms with Crippen LogP contribution in [-0.4, -0.2) is 45.5 Å². The van der Waals surface area contributed by atoms with Crippen LogP contribution in [-0.2, 0) is 20.6 Å². The normalized spacial score (nSPS) is 16.6. The molecule has 2 atom stereocenters. The van der Waals surface area contributed by atoms with Crippen molar-refractivity contribution in [3.63, 3.8) is 0 Å². The maximum Gasteiger partial charge on any atom is 0.337 e. The quantitative estimate of drug-likeness (QED) is 0.356. The minimum atomic E-state index is -0.610. The standard InChI is InChI=1S/C28H36O6/c1-16(2)22-14-20-12-13-21(26(29)23(20)15-24(22)34-17(3)4)25(28(32-6)33-7)18-8-10-19(11-9-18)27(30)31-5/h8-11,14-17,21,25,28H,12-13H2,1-7H3. The van der Waals surface area contributed by atoms with Crippen LogP contribution in [0.5, 0.6) is 5.75 Å². The summed E-state index contributed by atoms with van der Waals surface area (Å²) in [4.78, 5) is 25.7. The van der Waals surface area contributed by atoms with E-state index >= 15 is 0 Å². The van der Waals surface area contributed by atoms with Gasteiger partial charge in [-0.3, -0.25) is 4.79 Å².